The minimum absolute atomic E-state index is 0.191. The molecule has 4 N–H and O–H groups in total. The molecule has 6 aliphatic rings. The molecule has 4 heterocycles. The molecule has 0 saturated heterocycles. The molecule has 14 heteroatoms. The number of nitrogens with one attached hydrogen (secondary N) is 2. The molecule has 4 aliphatic heterocycles. The van der Waals surface area contributed by atoms with Gasteiger partial charge in [-0.1, -0.05) is 80.4 Å². The number of hydrogen-bond acceptors (Lipinski definition) is 8. The number of methoxy groups -OCH3 is 2. The van der Waals surface area contributed by atoms with E-state index in [0.717, 1.165) is 42.3 Å². The molecule has 6 atom stereocenters. The van der Waals surface area contributed by atoms with Crippen LogP contribution in [0.1, 0.15) is 59.1 Å². The molecule has 4 unspecified atom stereocenters. The number of nitrogens with zero attached hydrogens (tertiary/aromatic N) is 2. The van der Waals surface area contributed by atoms with Crippen LogP contribution in [0, 0.1) is 0 Å². The lowest BCUT2D eigenvalue weighted by Crippen LogP contribution is -2.43. The molecule has 2 spiro atoms. The molecule has 0 saturated carbocycles. The Balaban J connectivity index is 0.784. The number of carbonyl (C=O) groups is 2. The molecule has 0 radical (unpaired) electrons. The average molecular weight is 955 g/mol. The summed E-state index contributed by atoms with van der Waals surface area (Å²) in [7, 11) is 3.25. The number of rotatable bonds is 6. The van der Waals surface area contributed by atoms with Gasteiger partial charge in [-0.05, 0) is 77.9 Å². The van der Waals surface area contributed by atoms with E-state index in [1.807, 2.05) is 82.6 Å². The van der Waals surface area contributed by atoms with Gasteiger partial charge in [-0.3, -0.25) is 0 Å². The Bertz CT molecular complexity index is 2320. The van der Waals surface area contributed by atoms with Crippen LogP contribution < -0.4 is 29.6 Å². The zero-order chi connectivity index (χ0) is 42.2. The Morgan fingerprint density at radius 1 is 0.705 bits per heavy atom. The van der Waals surface area contributed by atoms with Crippen molar-refractivity contribution in [2.24, 2.45) is 0 Å². The highest BCUT2D eigenvalue weighted by atomic mass is 79.9. The fourth-order valence-corrected chi connectivity index (χ4v) is 11.4. The molecule has 10 rings (SSSR count). The summed E-state index contributed by atoms with van der Waals surface area (Å²) < 4.78 is 26.0. The van der Waals surface area contributed by atoms with Gasteiger partial charge >= 0.3 is 12.1 Å². The summed E-state index contributed by atoms with van der Waals surface area (Å²) in [6, 6.07) is 19.2. The first-order valence-electron chi connectivity index (χ1n) is 20.7. The summed E-state index contributed by atoms with van der Waals surface area (Å²) in [5.41, 5.74) is 6.65. The van der Waals surface area contributed by atoms with Crippen LogP contribution >= 0.6 is 31.9 Å². The van der Waals surface area contributed by atoms with Gasteiger partial charge in [-0.25, -0.2) is 9.59 Å². The van der Waals surface area contributed by atoms with Gasteiger partial charge in [0, 0.05) is 70.5 Å². The summed E-state index contributed by atoms with van der Waals surface area (Å²) >= 11 is 7.52. The third kappa shape index (κ3) is 6.77. The minimum atomic E-state index is -0.586. The second-order valence-corrected chi connectivity index (χ2v) is 18.6. The average Bonchev–Trinajstić information content (AvgIpc) is 3.60. The maximum Gasteiger partial charge on any atom is 0.322 e. The zero-order valence-electron chi connectivity index (χ0n) is 33.8. The Hall–Kier alpha value is -5.02. The quantitative estimate of drug-likeness (QED) is 0.142. The number of benzene rings is 4. The predicted octanol–water partition coefficient (Wildman–Crippen LogP) is 8.33. The zero-order valence-corrected chi connectivity index (χ0v) is 36.9. The number of amides is 4. The fourth-order valence-electron chi connectivity index (χ4n) is 10.3. The number of hydrogen-bond donors (Lipinski definition) is 4. The summed E-state index contributed by atoms with van der Waals surface area (Å²) in [5, 5.41) is 27.1. The molecule has 12 nitrogen and oxygen atoms in total. The van der Waals surface area contributed by atoms with Crippen molar-refractivity contribution in [3.05, 3.63) is 127 Å². The van der Waals surface area contributed by atoms with Crippen LogP contribution in [0.15, 0.2) is 93.9 Å². The SMILES string of the molecule is COc1cc(Br)c2c3c1OC1C[C@@H](O)C=CC31CCN(C(=O)Nc1ccc(Cc3ccc(NC(=O)N4CCC56C=C[C@H](O)CC5Oc5c(OC)cc(Br)c(c56)C4)cc3)cc1)C2. The molecule has 4 amide bonds. The van der Waals surface area contributed by atoms with Gasteiger partial charge in [0.15, 0.2) is 23.0 Å². The van der Waals surface area contributed by atoms with Gasteiger partial charge < -0.3 is 49.6 Å². The van der Waals surface area contributed by atoms with Crippen molar-refractivity contribution >= 4 is 55.3 Å². The molecule has 4 aromatic carbocycles. The Morgan fingerprint density at radius 2 is 1.11 bits per heavy atom. The van der Waals surface area contributed by atoms with Crippen molar-refractivity contribution in [2.45, 2.75) is 80.4 Å². The lowest BCUT2D eigenvalue weighted by molar-refractivity contribution is 0.0822. The van der Waals surface area contributed by atoms with Gasteiger partial charge in [0.2, 0.25) is 0 Å². The van der Waals surface area contributed by atoms with Crippen molar-refractivity contribution in [3.63, 3.8) is 0 Å². The molecule has 0 bridgehead atoms. The molecular formula is C47H46Br2N4O8. The third-order valence-corrected chi connectivity index (χ3v) is 14.9. The number of carbonyl (C=O) groups excluding carboxylic acids is 2. The summed E-state index contributed by atoms with van der Waals surface area (Å²) in [6.45, 7) is 1.79. The molecule has 0 aromatic heterocycles. The van der Waals surface area contributed by atoms with Crippen molar-refractivity contribution in [3.8, 4) is 23.0 Å². The molecule has 0 fully saturated rings. The smallest absolute Gasteiger partial charge is 0.322 e. The Morgan fingerprint density at radius 3 is 1.51 bits per heavy atom. The highest BCUT2D eigenvalue weighted by Crippen LogP contribution is 2.59. The van der Waals surface area contributed by atoms with Gasteiger partial charge in [0.25, 0.3) is 0 Å². The van der Waals surface area contributed by atoms with Crippen molar-refractivity contribution in [1.29, 1.82) is 0 Å². The van der Waals surface area contributed by atoms with Gasteiger partial charge in [-0.15, -0.1) is 0 Å². The van der Waals surface area contributed by atoms with E-state index in [-0.39, 0.29) is 24.3 Å². The molecule has 316 valence electrons. The highest BCUT2D eigenvalue weighted by molar-refractivity contribution is 9.10. The maximum absolute atomic E-state index is 13.8. The molecule has 2 aliphatic carbocycles. The summed E-state index contributed by atoms with van der Waals surface area (Å²) in [4.78, 5) is 31.3. The summed E-state index contributed by atoms with van der Waals surface area (Å²) in [6.07, 6.45) is 9.08. The monoisotopic (exact) mass is 952 g/mol. The third-order valence-electron chi connectivity index (χ3n) is 13.5. The van der Waals surface area contributed by atoms with E-state index < -0.39 is 23.0 Å². The van der Waals surface area contributed by atoms with Crippen LogP contribution in [0.4, 0.5) is 21.0 Å². The Kier molecular flexibility index (Phi) is 10.1. The highest BCUT2D eigenvalue weighted by Gasteiger charge is 2.55. The van der Waals surface area contributed by atoms with E-state index in [4.69, 9.17) is 18.9 Å². The number of aliphatic hydroxyl groups excluding tert-OH is 2. The fraction of sp³-hybridized carbons (Fsp3) is 0.362. The van der Waals surface area contributed by atoms with E-state index in [1.165, 1.54) is 0 Å². The van der Waals surface area contributed by atoms with E-state index in [1.54, 1.807) is 14.2 Å². The molecular weight excluding hydrogens is 908 g/mol. The number of urea groups is 2. The standard InChI is InChI=1S/C47H46Br2N4O8/c1-58-36-22-34(48)32-24-52(17-15-46-13-11-30(54)20-38(46)60-42(36)40(32)46)44(56)50-28-7-3-26(4-8-28)19-27-5-9-29(10-6-27)51-45(57)53-18-16-47-14-12-31(55)21-39(47)61-43-37(59-2)23-35(49)33(25-53)41(43)47/h3-14,22-23,30-31,38-39,54-55H,15-21,24-25H2,1-2H3,(H,50,56)(H,51,57)/t30-,31-,38?,39?,46?,47?/m0/s1. The Labute approximate surface area is 370 Å². The normalized spacial score (nSPS) is 26.4. The molecule has 4 aromatic rings. The number of anilines is 2. The predicted molar refractivity (Wildman–Crippen MR) is 237 cm³/mol. The summed E-state index contributed by atoms with van der Waals surface area (Å²) in [5.74, 6) is 2.65. The van der Waals surface area contributed by atoms with Crippen LogP contribution in [-0.2, 0) is 30.3 Å². The first kappa shape index (κ1) is 40.1. The van der Waals surface area contributed by atoms with Gasteiger partial charge in [0.1, 0.15) is 12.2 Å². The molecule has 61 heavy (non-hydrogen) atoms. The van der Waals surface area contributed by atoms with Gasteiger partial charge in [0.05, 0.1) is 37.3 Å². The topological polar surface area (TPSA) is 142 Å². The number of aliphatic hydroxyl groups is 2. The first-order valence-corrected chi connectivity index (χ1v) is 22.2. The van der Waals surface area contributed by atoms with Crippen LogP contribution in [0.25, 0.3) is 0 Å². The van der Waals surface area contributed by atoms with Crippen molar-refractivity contribution in [1.82, 2.24) is 9.80 Å². The largest absolute Gasteiger partial charge is 0.493 e. The van der Waals surface area contributed by atoms with Crippen LogP contribution in [0.2, 0.25) is 0 Å². The van der Waals surface area contributed by atoms with Gasteiger partial charge in [-0.2, -0.15) is 0 Å². The first-order chi connectivity index (χ1) is 29.5. The van der Waals surface area contributed by atoms with E-state index in [2.05, 4.69) is 54.6 Å². The van der Waals surface area contributed by atoms with Crippen molar-refractivity contribution < 1.29 is 38.7 Å². The van der Waals surface area contributed by atoms with Crippen molar-refractivity contribution in [2.75, 3.05) is 37.9 Å². The number of ether oxygens (including phenoxy) is 4. The van der Waals surface area contributed by atoms with E-state index in [0.29, 0.717) is 92.7 Å². The lowest BCUT2D eigenvalue weighted by Gasteiger charge is -2.35. The van der Waals surface area contributed by atoms with Crippen LogP contribution in [0.5, 0.6) is 23.0 Å². The van der Waals surface area contributed by atoms with Crippen LogP contribution in [-0.4, -0.2) is 83.8 Å². The van der Waals surface area contributed by atoms with E-state index >= 15 is 0 Å². The number of halogens is 2. The lowest BCUT2D eigenvalue weighted by atomic mass is 9.69. The second kappa shape index (κ2) is 15.4. The van der Waals surface area contributed by atoms with Crippen LogP contribution in [0.3, 0.4) is 0 Å². The van der Waals surface area contributed by atoms with E-state index in [9.17, 15) is 19.8 Å². The second-order valence-electron chi connectivity index (χ2n) is 16.9. The minimum Gasteiger partial charge on any atom is -0.493 e. The maximum atomic E-state index is 13.8.